The van der Waals surface area contributed by atoms with E-state index >= 15 is 0 Å². The lowest BCUT2D eigenvalue weighted by Gasteiger charge is -2.38. The van der Waals surface area contributed by atoms with E-state index in [1.54, 1.807) is 6.20 Å². The van der Waals surface area contributed by atoms with Crippen LogP contribution in [0.25, 0.3) is 11.4 Å². The molecule has 4 rings (SSSR count). The van der Waals surface area contributed by atoms with Crippen LogP contribution in [0, 0.1) is 11.3 Å². The van der Waals surface area contributed by atoms with Crippen molar-refractivity contribution in [1.82, 2.24) is 15.3 Å². The largest absolute Gasteiger partial charge is 0.381 e. The first-order valence-electron chi connectivity index (χ1n) is 8.19. The lowest BCUT2D eigenvalue weighted by atomic mass is 9.69. The highest BCUT2D eigenvalue weighted by molar-refractivity contribution is 7.14. The Morgan fingerprint density at radius 2 is 2.32 bits per heavy atom. The first kappa shape index (κ1) is 16.2. The number of ether oxygens (including phenoxy) is 1. The van der Waals surface area contributed by atoms with Crippen molar-refractivity contribution < 1.29 is 14.3 Å². The van der Waals surface area contributed by atoms with Gasteiger partial charge in [0.05, 0.1) is 18.2 Å². The zero-order chi connectivity index (χ0) is 17.3. The summed E-state index contributed by atoms with van der Waals surface area (Å²) in [5.74, 6) is -0.441. The van der Waals surface area contributed by atoms with Gasteiger partial charge in [-0.05, 0) is 18.6 Å². The zero-order valence-corrected chi connectivity index (χ0v) is 14.3. The summed E-state index contributed by atoms with van der Waals surface area (Å²) in [7, 11) is 0. The third kappa shape index (κ3) is 3.14. The molecule has 2 saturated heterocycles. The Bertz CT molecular complexity index is 786. The molecule has 130 valence electrons. The number of carbonyl (C=O) groups is 2. The van der Waals surface area contributed by atoms with Crippen LogP contribution in [-0.2, 0) is 14.3 Å². The van der Waals surface area contributed by atoms with Gasteiger partial charge in [0, 0.05) is 36.6 Å². The highest BCUT2D eigenvalue weighted by atomic mass is 32.1. The van der Waals surface area contributed by atoms with Gasteiger partial charge in [-0.3, -0.25) is 14.6 Å². The van der Waals surface area contributed by atoms with E-state index < -0.39 is 5.41 Å². The van der Waals surface area contributed by atoms with Crippen molar-refractivity contribution in [2.45, 2.75) is 12.8 Å². The highest BCUT2D eigenvalue weighted by Crippen LogP contribution is 2.42. The van der Waals surface area contributed by atoms with E-state index in [2.05, 4.69) is 20.6 Å². The predicted molar refractivity (Wildman–Crippen MR) is 93.0 cm³/mol. The van der Waals surface area contributed by atoms with Crippen molar-refractivity contribution in [2.24, 2.45) is 11.3 Å². The van der Waals surface area contributed by atoms with Crippen LogP contribution in [-0.4, -0.2) is 41.5 Å². The quantitative estimate of drug-likeness (QED) is 0.871. The molecule has 2 fully saturated rings. The summed E-state index contributed by atoms with van der Waals surface area (Å²) in [6.45, 7) is 1.39. The number of thiazole rings is 1. The molecule has 0 aliphatic carbocycles. The third-order valence-electron chi connectivity index (χ3n) is 4.87. The summed E-state index contributed by atoms with van der Waals surface area (Å²) in [6.07, 6.45) is 2.78. The number of pyridine rings is 1. The molecule has 2 amide bonds. The molecule has 2 atom stereocenters. The van der Waals surface area contributed by atoms with Gasteiger partial charge in [0.1, 0.15) is 5.69 Å². The molecule has 0 bridgehead atoms. The minimum Gasteiger partial charge on any atom is -0.381 e. The monoisotopic (exact) mass is 358 g/mol. The van der Waals surface area contributed by atoms with Crippen molar-refractivity contribution in [3.05, 3.63) is 29.8 Å². The lowest BCUT2D eigenvalue weighted by molar-refractivity contribution is -0.134. The molecule has 4 heterocycles. The van der Waals surface area contributed by atoms with Crippen molar-refractivity contribution >= 4 is 28.3 Å². The van der Waals surface area contributed by atoms with Crippen LogP contribution in [0.5, 0.6) is 0 Å². The van der Waals surface area contributed by atoms with Crippen LogP contribution in [0.15, 0.2) is 29.8 Å². The first-order chi connectivity index (χ1) is 12.2. The third-order valence-corrected chi connectivity index (χ3v) is 5.62. The van der Waals surface area contributed by atoms with Gasteiger partial charge in [0.25, 0.3) is 0 Å². The molecule has 7 nitrogen and oxygen atoms in total. The van der Waals surface area contributed by atoms with Gasteiger partial charge >= 0.3 is 0 Å². The van der Waals surface area contributed by atoms with Gasteiger partial charge in [-0.25, -0.2) is 4.98 Å². The predicted octanol–water partition coefficient (Wildman–Crippen LogP) is 1.69. The van der Waals surface area contributed by atoms with E-state index in [1.165, 1.54) is 11.3 Å². The van der Waals surface area contributed by atoms with E-state index in [-0.39, 0.29) is 17.7 Å². The second-order valence-electron chi connectivity index (χ2n) is 6.44. The zero-order valence-electron chi connectivity index (χ0n) is 13.5. The standard InChI is InChI=1S/C17H18N4O3S/c22-14-7-17(4-6-24-10-17)11(8-19-14)15(23)21-16-20-13(9-25-16)12-3-1-2-5-18-12/h1-3,5,9,11H,4,6-8,10H2,(H,19,22)(H,20,21,23). The molecule has 1 spiro atoms. The van der Waals surface area contributed by atoms with Crippen LogP contribution in [0.2, 0.25) is 0 Å². The SMILES string of the molecule is O=C1CC2(CCOC2)C(C(=O)Nc2nc(-c3ccccn3)cs2)CN1. The lowest BCUT2D eigenvalue weighted by Crippen LogP contribution is -2.53. The molecule has 2 aromatic heterocycles. The molecule has 2 aliphatic heterocycles. The van der Waals surface area contributed by atoms with Gasteiger partial charge in [-0.1, -0.05) is 6.07 Å². The maximum absolute atomic E-state index is 12.8. The minimum absolute atomic E-state index is 0.0127. The number of nitrogens with zero attached hydrogens (tertiary/aromatic N) is 2. The number of aromatic nitrogens is 2. The maximum atomic E-state index is 12.8. The fraction of sp³-hybridized carbons (Fsp3) is 0.412. The Balaban J connectivity index is 1.50. The number of piperidine rings is 1. The van der Waals surface area contributed by atoms with Crippen molar-refractivity contribution in [1.29, 1.82) is 0 Å². The molecule has 2 aromatic rings. The Morgan fingerprint density at radius 1 is 1.40 bits per heavy atom. The number of hydrogen-bond donors (Lipinski definition) is 2. The van der Waals surface area contributed by atoms with E-state index in [9.17, 15) is 9.59 Å². The van der Waals surface area contributed by atoms with Gasteiger partial charge in [-0.2, -0.15) is 0 Å². The van der Waals surface area contributed by atoms with Gasteiger partial charge in [0.15, 0.2) is 5.13 Å². The fourth-order valence-electron chi connectivity index (χ4n) is 3.50. The van der Waals surface area contributed by atoms with E-state index in [0.29, 0.717) is 31.3 Å². The smallest absolute Gasteiger partial charge is 0.231 e. The molecule has 0 radical (unpaired) electrons. The van der Waals surface area contributed by atoms with Crippen molar-refractivity contribution in [2.75, 3.05) is 25.1 Å². The van der Waals surface area contributed by atoms with Crippen LogP contribution < -0.4 is 10.6 Å². The normalized spacial score (nSPS) is 25.8. The van der Waals surface area contributed by atoms with Gasteiger partial charge in [-0.15, -0.1) is 11.3 Å². The van der Waals surface area contributed by atoms with Crippen LogP contribution in [0.3, 0.4) is 0 Å². The highest BCUT2D eigenvalue weighted by Gasteiger charge is 2.49. The molecule has 25 heavy (non-hydrogen) atoms. The maximum Gasteiger partial charge on any atom is 0.231 e. The summed E-state index contributed by atoms with van der Waals surface area (Å²) < 4.78 is 5.50. The molecule has 8 heteroatoms. The molecule has 2 N–H and O–H groups in total. The van der Waals surface area contributed by atoms with Gasteiger partial charge in [0.2, 0.25) is 11.8 Å². The summed E-state index contributed by atoms with van der Waals surface area (Å²) in [5, 5.41) is 8.11. The molecule has 0 aromatic carbocycles. The summed E-state index contributed by atoms with van der Waals surface area (Å²) in [4.78, 5) is 33.3. The molecule has 0 saturated carbocycles. The Hall–Kier alpha value is -2.32. The minimum atomic E-state index is -0.395. The Kier molecular flexibility index (Phi) is 4.22. The topological polar surface area (TPSA) is 93.2 Å². The Morgan fingerprint density at radius 3 is 3.08 bits per heavy atom. The number of hydrogen-bond acceptors (Lipinski definition) is 6. The van der Waals surface area contributed by atoms with Crippen LogP contribution in [0.1, 0.15) is 12.8 Å². The second-order valence-corrected chi connectivity index (χ2v) is 7.30. The van der Waals surface area contributed by atoms with E-state index in [1.807, 2.05) is 23.6 Å². The Labute approximate surface area is 148 Å². The summed E-state index contributed by atoms with van der Waals surface area (Å²) >= 11 is 1.37. The summed E-state index contributed by atoms with van der Waals surface area (Å²) in [5.41, 5.74) is 1.11. The van der Waals surface area contributed by atoms with Crippen molar-refractivity contribution in [3.8, 4) is 11.4 Å². The first-order valence-corrected chi connectivity index (χ1v) is 9.06. The average molecular weight is 358 g/mol. The van der Waals surface area contributed by atoms with Crippen LogP contribution in [0.4, 0.5) is 5.13 Å². The fourth-order valence-corrected chi connectivity index (χ4v) is 4.21. The molecule has 2 unspecified atom stereocenters. The summed E-state index contributed by atoms with van der Waals surface area (Å²) in [6, 6.07) is 5.62. The number of carbonyl (C=O) groups excluding carboxylic acids is 2. The van der Waals surface area contributed by atoms with Crippen LogP contribution >= 0.6 is 11.3 Å². The molecule has 2 aliphatic rings. The molecular formula is C17H18N4O3S. The van der Waals surface area contributed by atoms with E-state index in [4.69, 9.17) is 4.74 Å². The van der Waals surface area contributed by atoms with Gasteiger partial charge < -0.3 is 15.4 Å². The molecular weight excluding hydrogens is 340 g/mol. The second kappa shape index (κ2) is 6.53. The number of rotatable bonds is 3. The number of nitrogens with one attached hydrogen (secondary N) is 2. The number of amides is 2. The average Bonchev–Trinajstić information content (AvgIpc) is 3.26. The number of anilines is 1. The van der Waals surface area contributed by atoms with E-state index in [0.717, 1.165) is 17.8 Å². The van der Waals surface area contributed by atoms with Crippen molar-refractivity contribution in [3.63, 3.8) is 0 Å².